The molecule has 1 amide bonds. The molecule has 1 aliphatic heterocycles. The van der Waals surface area contributed by atoms with Crippen LogP contribution < -0.4 is 5.56 Å². The van der Waals surface area contributed by atoms with Crippen LogP contribution in [0.4, 0.5) is 0 Å². The Morgan fingerprint density at radius 3 is 2.80 bits per heavy atom. The number of nitrogens with one attached hydrogen (secondary N) is 1. The Balaban J connectivity index is 1.50. The van der Waals surface area contributed by atoms with Crippen LogP contribution in [0.3, 0.4) is 0 Å². The van der Waals surface area contributed by atoms with Gasteiger partial charge in [-0.1, -0.05) is 25.6 Å². The molecule has 30 heavy (non-hydrogen) atoms. The smallest absolute Gasteiger partial charge is 0.260 e. The van der Waals surface area contributed by atoms with Gasteiger partial charge in [-0.3, -0.25) is 9.59 Å². The molecule has 0 spiro atoms. The molecule has 1 unspecified atom stereocenters. The summed E-state index contributed by atoms with van der Waals surface area (Å²) in [5, 5.41) is 1.16. The molecule has 10 heteroatoms. The number of H-pyrrole nitrogens is 1. The van der Waals surface area contributed by atoms with E-state index in [1.54, 1.807) is 16.2 Å². The molecule has 0 saturated carbocycles. The number of thioether (sulfide) groups is 1. The van der Waals surface area contributed by atoms with Crippen molar-refractivity contribution in [2.24, 2.45) is 5.92 Å². The highest BCUT2D eigenvalue weighted by Gasteiger charge is 2.34. The highest BCUT2D eigenvalue weighted by atomic mass is 32.2. The van der Waals surface area contributed by atoms with Gasteiger partial charge in [0.25, 0.3) is 5.56 Å². The molecular formula is C20H27N3O4S3. The maximum Gasteiger partial charge on any atom is 0.260 e. The predicted octanol–water partition coefficient (Wildman–Crippen LogP) is 2.63. The third-order valence-electron chi connectivity index (χ3n) is 5.67. The van der Waals surface area contributed by atoms with Crippen LogP contribution in [0.2, 0.25) is 0 Å². The van der Waals surface area contributed by atoms with Crippen molar-refractivity contribution in [3.8, 4) is 0 Å². The molecular weight excluding hydrogens is 442 g/mol. The fourth-order valence-electron chi connectivity index (χ4n) is 4.29. The number of carbonyl (C=O) groups excluding carboxylic acids is 1. The van der Waals surface area contributed by atoms with Gasteiger partial charge in [-0.2, -0.15) is 0 Å². The monoisotopic (exact) mass is 469 g/mol. The minimum Gasteiger partial charge on any atom is -0.338 e. The molecule has 0 bridgehead atoms. The van der Waals surface area contributed by atoms with Gasteiger partial charge in [0.15, 0.2) is 15.0 Å². The Morgan fingerprint density at radius 1 is 1.33 bits per heavy atom. The number of hydrogen-bond donors (Lipinski definition) is 1. The lowest BCUT2D eigenvalue weighted by Gasteiger charge is -2.29. The van der Waals surface area contributed by atoms with E-state index in [0.717, 1.165) is 36.1 Å². The summed E-state index contributed by atoms with van der Waals surface area (Å²) in [7, 11) is -3.07. The molecule has 4 rings (SSSR count). The van der Waals surface area contributed by atoms with Gasteiger partial charge in [-0.15, -0.1) is 11.3 Å². The van der Waals surface area contributed by atoms with Gasteiger partial charge in [-0.25, -0.2) is 13.4 Å². The van der Waals surface area contributed by atoms with Crippen molar-refractivity contribution in [3.05, 3.63) is 20.8 Å². The van der Waals surface area contributed by atoms with Crippen molar-refractivity contribution < 1.29 is 13.2 Å². The summed E-state index contributed by atoms with van der Waals surface area (Å²) in [6.45, 7) is 4.56. The first-order valence-corrected chi connectivity index (χ1v) is 14.0. The molecule has 0 aromatic carbocycles. The minimum absolute atomic E-state index is 0.0396. The van der Waals surface area contributed by atoms with E-state index in [-0.39, 0.29) is 40.7 Å². The van der Waals surface area contributed by atoms with E-state index < -0.39 is 9.84 Å². The van der Waals surface area contributed by atoms with Crippen LogP contribution in [-0.4, -0.2) is 59.0 Å². The third-order valence-corrected chi connectivity index (χ3v) is 9.46. The fraction of sp³-hybridized carbons (Fsp3) is 0.650. The average molecular weight is 470 g/mol. The number of aromatic amines is 1. The molecule has 1 aliphatic carbocycles. The topological polar surface area (TPSA) is 100 Å². The van der Waals surface area contributed by atoms with Gasteiger partial charge in [0.2, 0.25) is 5.91 Å². The second-order valence-corrected chi connectivity index (χ2v) is 12.8. The Bertz CT molecular complexity index is 1120. The zero-order chi connectivity index (χ0) is 21.5. The van der Waals surface area contributed by atoms with Crippen LogP contribution in [0.25, 0.3) is 10.2 Å². The summed E-state index contributed by atoms with van der Waals surface area (Å²) in [4.78, 5) is 36.8. The van der Waals surface area contributed by atoms with Crippen LogP contribution in [0.15, 0.2) is 9.95 Å². The van der Waals surface area contributed by atoms with Crippen LogP contribution in [0, 0.1) is 5.92 Å². The van der Waals surface area contributed by atoms with Gasteiger partial charge < -0.3 is 9.88 Å². The molecule has 1 atom stereocenters. The van der Waals surface area contributed by atoms with Crippen LogP contribution >= 0.6 is 23.1 Å². The summed E-state index contributed by atoms with van der Waals surface area (Å²) in [6.07, 6.45) is 4.68. The second-order valence-electron chi connectivity index (χ2n) is 8.55. The lowest BCUT2D eigenvalue weighted by atomic mass is 9.97. The summed E-state index contributed by atoms with van der Waals surface area (Å²) in [6, 6.07) is -0.260. The zero-order valence-electron chi connectivity index (χ0n) is 17.3. The van der Waals surface area contributed by atoms with Crippen LogP contribution in [-0.2, 0) is 27.5 Å². The molecule has 1 N–H and O–H groups in total. The van der Waals surface area contributed by atoms with E-state index in [1.165, 1.54) is 16.6 Å². The number of amides is 1. The fourth-order valence-corrected chi connectivity index (χ4v) is 8.09. The Hall–Kier alpha value is -1.39. The van der Waals surface area contributed by atoms with Crippen LogP contribution in [0.1, 0.15) is 43.6 Å². The summed E-state index contributed by atoms with van der Waals surface area (Å²) in [5.74, 6) is 0.445. The van der Waals surface area contributed by atoms with Gasteiger partial charge >= 0.3 is 0 Å². The molecule has 1 saturated heterocycles. The first kappa shape index (κ1) is 21.8. The van der Waals surface area contributed by atoms with Crippen LogP contribution in [0.5, 0.6) is 0 Å². The van der Waals surface area contributed by atoms with Crippen molar-refractivity contribution >= 4 is 49.1 Å². The van der Waals surface area contributed by atoms with Gasteiger partial charge in [0.05, 0.1) is 22.6 Å². The Labute approximate surface area is 184 Å². The summed E-state index contributed by atoms with van der Waals surface area (Å²) in [5.41, 5.74) is 1.02. The van der Waals surface area contributed by atoms with E-state index in [1.807, 2.05) is 13.8 Å². The highest BCUT2D eigenvalue weighted by Crippen LogP contribution is 2.34. The van der Waals surface area contributed by atoms with Gasteiger partial charge in [-0.05, 0) is 43.6 Å². The molecule has 2 aromatic rings. The number of aryl methyl sites for hydroxylation is 2. The van der Waals surface area contributed by atoms with Crippen molar-refractivity contribution in [1.82, 2.24) is 14.9 Å². The minimum atomic E-state index is -3.07. The number of aromatic nitrogens is 2. The van der Waals surface area contributed by atoms with Gasteiger partial charge in [0.1, 0.15) is 4.83 Å². The summed E-state index contributed by atoms with van der Waals surface area (Å²) < 4.78 is 23.8. The largest absolute Gasteiger partial charge is 0.338 e. The third kappa shape index (κ3) is 4.60. The van der Waals surface area contributed by atoms with E-state index in [9.17, 15) is 18.0 Å². The first-order chi connectivity index (χ1) is 14.2. The number of sulfone groups is 1. The first-order valence-electron chi connectivity index (χ1n) is 10.4. The number of rotatable bonds is 6. The lowest BCUT2D eigenvalue weighted by Crippen LogP contribution is -2.44. The summed E-state index contributed by atoms with van der Waals surface area (Å²) >= 11 is 2.81. The quantitative estimate of drug-likeness (QED) is 0.516. The SMILES string of the molecule is CC(C)CN(C(=O)CSc1nc2sc3c(c2c(=O)[nH]1)CCCC3)C1CCS(=O)(=O)C1. The molecule has 1 fully saturated rings. The molecule has 2 aliphatic rings. The zero-order valence-corrected chi connectivity index (χ0v) is 19.7. The maximum atomic E-state index is 13.0. The average Bonchev–Trinajstić information content (AvgIpc) is 3.23. The van der Waals surface area contributed by atoms with E-state index in [0.29, 0.717) is 23.5 Å². The standard InChI is InChI=1S/C20H27N3O4S3/c1-12(2)9-23(13-7-8-30(26,27)11-13)16(24)10-28-20-21-18(25)17-14-5-3-4-6-15(14)29-19(17)22-20/h12-13H,3-11H2,1-2H3,(H,21,22,25). The van der Waals surface area contributed by atoms with Crippen molar-refractivity contribution in [2.45, 2.75) is 57.1 Å². The molecule has 3 heterocycles. The second kappa shape index (κ2) is 8.63. The van der Waals surface area contributed by atoms with E-state index >= 15 is 0 Å². The number of carbonyl (C=O) groups is 1. The normalized spacial score (nSPS) is 20.6. The Kier molecular flexibility index (Phi) is 6.28. The molecule has 7 nitrogen and oxygen atoms in total. The Morgan fingerprint density at radius 2 is 2.10 bits per heavy atom. The van der Waals surface area contributed by atoms with Crippen molar-refractivity contribution in [2.75, 3.05) is 23.8 Å². The highest BCUT2D eigenvalue weighted by molar-refractivity contribution is 7.99. The van der Waals surface area contributed by atoms with E-state index in [4.69, 9.17) is 0 Å². The molecule has 0 radical (unpaired) electrons. The number of fused-ring (bicyclic) bond motifs is 3. The number of thiophene rings is 1. The van der Waals surface area contributed by atoms with E-state index in [2.05, 4.69) is 9.97 Å². The number of nitrogens with zero attached hydrogens (tertiary/aromatic N) is 2. The molecule has 2 aromatic heterocycles. The maximum absolute atomic E-state index is 13.0. The van der Waals surface area contributed by atoms with Gasteiger partial charge in [0, 0.05) is 17.5 Å². The molecule has 164 valence electrons. The number of hydrogen-bond acceptors (Lipinski definition) is 7. The lowest BCUT2D eigenvalue weighted by molar-refractivity contribution is -0.130. The van der Waals surface area contributed by atoms with Crippen molar-refractivity contribution in [1.29, 1.82) is 0 Å². The van der Waals surface area contributed by atoms with Crippen molar-refractivity contribution in [3.63, 3.8) is 0 Å². The predicted molar refractivity (Wildman–Crippen MR) is 121 cm³/mol.